The Bertz CT molecular complexity index is 468. The van der Waals surface area contributed by atoms with Gasteiger partial charge in [0.25, 0.3) is 5.91 Å². The average molecular weight is 262 g/mol. The monoisotopic (exact) mass is 262 g/mol. The van der Waals surface area contributed by atoms with Crippen molar-refractivity contribution in [2.75, 3.05) is 20.1 Å². The molecule has 0 unspecified atom stereocenters. The molecule has 0 radical (unpaired) electrons. The highest BCUT2D eigenvalue weighted by molar-refractivity contribution is 5.95. The highest BCUT2D eigenvalue weighted by Gasteiger charge is 2.39. The number of likely N-dealkylation sites (tertiary alicyclic amines) is 2. The number of nitrogens with zero attached hydrogens (tertiary/aromatic N) is 2. The van der Waals surface area contributed by atoms with Crippen molar-refractivity contribution >= 4 is 5.91 Å². The standard InChI is InChI=1S/C15H22N2O2/c1-11-12(7-10-19-11)15(18)17-9-4-6-14(17)13-5-3-8-16(13)2/h7,10,13-14H,3-6,8-9H2,1-2H3/t13-,14-/m0/s1. The zero-order chi connectivity index (χ0) is 13.4. The summed E-state index contributed by atoms with van der Waals surface area (Å²) in [5.74, 6) is 0.879. The third kappa shape index (κ3) is 2.18. The number of aryl methyl sites for hydroxylation is 1. The molecule has 0 aliphatic carbocycles. The van der Waals surface area contributed by atoms with E-state index in [1.807, 2.05) is 6.92 Å². The van der Waals surface area contributed by atoms with Crippen molar-refractivity contribution in [2.45, 2.75) is 44.7 Å². The minimum atomic E-state index is 0.147. The van der Waals surface area contributed by atoms with Gasteiger partial charge in [0.05, 0.1) is 11.8 Å². The predicted octanol–water partition coefficient (Wildman–Crippen LogP) is 2.29. The Morgan fingerprint density at radius 1 is 1.26 bits per heavy atom. The number of carbonyl (C=O) groups is 1. The van der Waals surface area contributed by atoms with Crippen LogP contribution in [0.15, 0.2) is 16.7 Å². The topological polar surface area (TPSA) is 36.7 Å². The zero-order valence-corrected chi connectivity index (χ0v) is 11.8. The fourth-order valence-electron chi connectivity index (χ4n) is 3.63. The third-order valence-corrected chi connectivity index (χ3v) is 4.67. The van der Waals surface area contributed by atoms with Gasteiger partial charge < -0.3 is 14.2 Å². The first-order valence-corrected chi connectivity index (χ1v) is 7.24. The summed E-state index contributed by atoms with van der Waals surface area (Å²) >= 11 is 0. The van der Waals surface area contributed by atoms with E-state index in [9.17, 15) is 4.79 Å². The van der Waals surface area contributed by atoms with E-state index in [4.69, 9.17) is 4.42 Å². The molecule has 2 aliphatic heterocycles. The van der Waals surface area contributed by atoms with E-state index < -0.39 is 0 Å². The summed E-state index contributed by atoms with van der Waals surface area (Å²) in [5.41, 5.74) is 0.729. The molecule has 2 atom stereocenters. The summed E-state index contributed by atoms with van der Waals surface area (Å²) in [6, 6.07) is 2.72. The molecule has 1 aromatic rings. The van der Waals surface area contributed by atoms with Gasteiger partial charge in [-0.15, -0.1) is 0 Å². The summed E-state index contributed by atoms with van der Waals surface area (Å²) in [4.78, 5) is 17.1. The lowest BCUT2D eigenvalue weighted by Gasteiger charge is -2.33. The van der Waals surface area contributed by atoms with Gasteiger partial charge in [0, 0.05) is 18.6 Å². The van der Waals surface area contributed by atoms with Crippen molar-refractivity contribution < 1.29 is 9.21 Å². The number of amides is 1. The first kappa shape index (κ1) is 12.7. The SMILES string of the molecule is Cc1occc1C(=O)N1CCC[C@H]1[C@@H]1CCCN1C. The highest BCUT2D eigenvalue weighted by atomic mass is 16.3. The number of hydrogen-bond acceptors (Lipinski definition) is 3. The smallest absolute Gasteiger partial charge is 0.257 e. The average Bonchev–Trinajstić information content (AvgIpc) is 3.07. The Labute approximate surface area is 114 Å². The van der Waals surface area contributed by atoms with Crippen LogP contribution in [0.25, 0.3) is 0 Å². The fourth-order valence-corrected chi connectivity index (χ4v) is 3.63. The van der Waals surface area contributed by atoms with Crippen LogP contribution in [0.4, 0.5) is 0 Å². The maximum absolute atomic E-state index is 12.7. The van der Waals surface area contributed by atoms with E-state index in [-0.39, 0.29) is 5.91 Å². The van der Waals surface area contributed by atoms with Gasteiger partial charge in [0.1, 0.15) is 5.76 Å². The van der Waals surface area contributed by atoms with Gasteiger partial charge >= 0.3 is 0 Å². The molecule has 0 N–H and O–H groups in total. The number of likely N-dealkylation sites (N-methyl/N-ethyl adjacent to an activating group) is 1. The van der Waals surface area contributed by atoms with Crippen LogP contribution in [-0.2, 0) is 0 Å². The van der Waals surface area contributed by atoms with Crippen LogP contribution in [-0.4, -0.2) is 47.9 Å². The number of carbonyl (C=O) groups excluding carboxylic acids is 1. The van der Waals surface area contributed by atoms with Crippen LogP contribution in [0, 0.1) is 6.92 Å². The van der Waals surface area contributed by atoms with Crippen molar-refractivity contribution in [1.82, 2.24) is 9.80 Å². The lowest BCUT2D eigenvalue weighted by molar-refractivity contribution is 0.0662. The minimum absolute atomic E-state index is 0.147. The molecule has 0 aromatic carbocycles. The summed E-state index contributed by atoms with van der Waals surface area (Å²) in [6.07, 6.45) is 6.34. The molecule has 2 fully saturated rings. The molecule has 1 amide bonds. The largest absolute Gasteiger partial charge is 0.469 e. The van der Waals surface area contributed by atoms with Crippen LogP contribution in [0.3, 0.4) is 0 Å². The number of rotatable bonds is 2. The van der Waals surface area contributed by atoms with Gasteiger partial charge in [-0.2, -0.15) is 0 Å². The molecule has 19 heavy (non-hydrogen) atoms. The first-order valence-electron chi connectivity index (χ1n) is 7.24. The lowest BCUT2D eigenvalue weighted by Crippen LogP contribution is -2.47. The molecular weight excluding hydrogens is 240 g/mol. The fraction of sp³-hybridized carbons (Fsp3) is 0.667. The van der Waals surface area contributed by atoms with Crippen LogP contribution in [0.5, 0.6) is 0 Å². The summed E-state index contributed by atoms with van der Waals surface area (Å²) in [5, 5.41) is 0. The van der Waals surface area contributed by atoms with Gasteiger partial charge in [0.2, 0.25) is 0 Å². The highest BCUT2D eigenvalue weighted by Crippen LogP contribution is 2.30. The van der Waals surface area contributed by atoms with E-state index in [1.165, 1.54) is 12.8 Å². The second-order valence-corrected chi connectivity index (χ2v) is 5.79. The summed E-state index contributed by atoms with van der Waals surface area (Å²) < 4.78 is 5.27. The Morgan fingerprint density at radius 2 is 2.00 bits per heavy atom. The van der Waals surface area contributed by atoms with Gasteiger partial charge in [0.15, 0.2) is 0 Å². The van der Waals surface area contributed by atoms with E-state index in [1.54, 1.807) is 12.3 Å². The number of furan rings is 1. The van der Waals surface area contributed by atoms with Crippen molar-refractivity contribution in [1.29, 1.82) is 0 Å². The predicted molar refractivity (Wildman–Crippen MR) is 73.2 cm³/mol. The van der Waals surface area contributed by atoms with Gasteiger partial charge in [-0.3, -0.25) is 4.79 Å². The quantitative estimate of drug-likeness (QED) is 0.820. The van der Waals surface area contributed by atoms with Crippen LogP contribution in [0.1, 0.15) is 41.8 Å². The normalized spacial score (nSPS) is 28.2. The lowest BCUT2D eigenvalue weighted by atomic mass is 10.0. The van der Waals surface area contributed by atoms with Gasteiger partial charge in [-0.1, -0.05) is 0 Å². The summed E-state index contributed by atoms with van der Waals surface area (Å²) in [7, 11) is 2.18. The second kappa shape index (κ2) is 5.00. The summed E-state index contributed by atoms with van der Waals surface area (Å²) in [6.45, 7) is 3.91. The van der Waals surface area contributed by atoms with Crippen molar-refractivity contribution in [2.24, 2.45) is 0 Å². The Hall–Kier alpha value is -1.29. The molecule has 3 rings (SSSR count). The molecule has 0 bridgehead atoms. The van der Waals surface area contributed by atoms with Crippen molar-refractivity contribution in [3.63, 3.8) is 0 Å². The van der Waals surface area contributed by atoms with E-state index >= 15 is 0 Å². The molecule has 4 nitrogen and oxygen atoms in total. The van der Waals surface area contributed by atoms with Crippen molar-refractivity contribution in [3.8, 4) is 0 Å². The molecule has 104 valence electrons. The second-order valence-electron chi connectivity index (χ2n) is 5.79. The maximum atomic E-state index is 12.7. The molecule has 1 aromatic heterocycles. The van der Waals surface area contributed by atoms with Crippen LogP contribution < -0.4 is 0 Å². The number of hydrogen-bond donors (Lipinski definition) is 0. The van der Waals surface area contributed by atoms with E-state index in [2.05, 4.69) is 16.8 Å². The van der Waals surface area contributed by atoms with Crippen LogP contribution in [0.2, 0.25) is 0 Å². The van der Waals surface area contributed by atoms with Crippen molar-refractivity contribution in [3.05, 3.63) is 23.7 Å². The Balaban J connectivity index is 1.80. The maximum Gasteiger partial charge on any atom is 0.257 e. The van der Waals surface area contributed by atoms with Gasteiger partial charge in [-0.25, -0.2) is 0 Å². The van der Waals surface area contributed by atoms with E-state index in [0.717, 1.165) is 37.3 Å². The van der Waals surface area contributed by atoms with Gasteiger partial charge in [-0.05, 0) is 52.3 Å². The Kier molecular flexibility index (Phi) is 3.35. The zero-order valence-electron chi connectivity index (χ0n) is 11.8. The van der Waals surface area contributed by atoms with E-state index in [0.29, 0.717) is 12.1 Å². The molecule has 0 saturated carbocycles. The molecule has 2 saturated heterocycles. The third-order valence-electron chi connectivity index (χ3n) is 4.67. The molecule has 2 aliphatic rings. The Morgan fingerprint density at radius 3 is 2.63 bits per heavy atom. The van der Waals surface area contributed by atoms with Crippen LogP contribution >= 0.6 is 0 Å². The molecule has 0 spiro atoms. The molecule has 4 heteroatoms. The molecule has 3 heterocycles. The minimum Gasteiger partial charge on any atom is -0.469 e. The first-order chi connectivity index (χ1) is 9.18. The molecular formula is C15H22N2O2.